The van der Waals surface area contributed by atoms with Crippen LogP contribution in [-0.4, -0.2) is 49.1 Å². The number of nitriles is 1. The van der Waals surface area contributed by atoms with Crippen molar-refractivity contribution in [2.24, 2.45) is 0 Å². The number of anilines is 1. The lowest BCUT2D eigenvalue weighted by Crippen LogP contribution is -2.22. The maximum atomic E-state index is 13.5. The van der Waals surface area contributed by atoms with Crippen molar-refractivity contribution in [2.45, 2.75) is 32.4 Å². The van der Waals surface area contributed by atoms with Crippen LogP contribution in [0.3, 0.4) is 0 Å². The van der Waals surface area contributed by atoms with E-state index in [1.807, 2.05) is 54.0 Å². The Morgan fingerprint density at radius 2 is 1.89 bits per heavy atom. The highest BCUT2D eigenvalue weighted by Crippen LogP contribution is 2.31. The van der Waals surface area contributed by atoms with Crippen LogP contribution in [0.1, 0.15) is 21.5 Å². The predicted molar refractivity (Wildman–Crippen MR) is 146 cm³/mol. The molecule has 0 fully saturated rings. The highest BCUT2D eigenvalue weighted by molar-refractivity contribution is 6.76. The number of rotatable bonds is 9. The van der Waals surface area contributed by atoms with Gasteiger partial charge in [-0.2, -0.15) is 5.26 Å². The molecule has 0 unspecified atom stereocenters. The minimum Gasteiger partial charge on any atom is -0.378 e. The Labute approximate surface area is 213 Å². The first kappa shape index (κ1) is 25.3. The van der Waals surface area contributed by atoms with E-state index in [4.69, 9.17) is 9.72 Å². The quantitative estimate of drug-likeness (QED) is 0.171. The zero-order valence-electron chi connectivity index (χ0n) is 21.4. The molecule has 0 N–H and O–H groups in total. The molecular weight excluding hydrogens is 466 g/mol. The molecule has 0 aliphatic carbocycles. The van der Waals surface area contributed by atoms with Gasteiger partial charge in [0.05, 0.1) is 11.6 Å². The summed E-state index contributed by atoms with van der Waals surface area (Å²) < 4.78 is 7.87. The average Bonchev–Trinajstić information content (AvgIpc) is 3.23. The summed E-state index contributed by atoms with van der Waals surface area (Å²) in [5, 5.41) is 10.5. The summed E-state index contributed by atoms with van der Waals surface area (Å²) in [6.45, 7) is 7.94. The molecule has 1 aromatic carbocycles. The van der Waals surface area contributed by atoms with Crippen LogP contribution in [0, 0.1) is 11.3 Å². The lowest BCUT2D eigenvalue weighted by atomic mass is 9.98. The average molecular weight is 498 g/mol. The molecule has 0 aliphatic rings. The number of nitrogens with zero attached hydrogens (tertiary/aromatic N) is 5. The maximum Gasteiger partial charge on any atom is 0.195 e. The van der Waals surface area contributed by atoms with Gasteiger partial charge in [-0.05, 0) is 36.4 Å². The number of ether oxygens (including phenoxy) is 1. The van der Waals surface area contributed by atoms with E-state index in [1.54, 1.807) is 30.7 Å². The number of aromatic nitrogens is 3. The van der Waals surface area contributed by atoms with E-state index in [9.17, 15) is 10.1 Å². The summed E-state index contributed by atoms with van der Waals surface area (Å²) in [6, 6.07) is 14.5. The van der Waals surface area contributed by atoms with Gasteiger partial charge in [0.25, 0.3) is 0 Å². The van der Waals surface area contributed by atoms with E-state index >= 15 is 0 Å². The number of carbonyl (C=O) groups is 1. The fourth-order valence-corrected chi connectivity index (χ4v) is 4.71. The summed E-state index contributed by atoms with van der Waals surface area (Å²) in [5.74, 6) is -0.106. The summed E-state index contributed by atoms with van der Waals surface area (Å²) in [4.78, 5) is 24.2. The van der Waals surface area contributed by atoms with Crippen molar-refractivity contribution >= 4 is 30.6 Å². The van der Waals surface area contributed by atoms with Crippen LogP contribution in [0.4, 0.5) is 5.69 Å². The molecule has 3 aromatic heterocycles. The second-order valence-electron chi connectivity index (χ2n) is 10.3. The number of carbonyl (C=O) groups excluding carboxylic acids is 1. The normalized spacial score (nSPS) is 11.4. The molecule has 4 rings (SSSR count). The third-order valence-corrected chi connectivity index (χ3v) is 7.78. The molecular formula is C28H31N5O2Si. The van der Waals surface area contributed by atoms with Crippen LogP contribution in [0.5, 0.6) is 0 Å². The lowest BCUT2D eigenvalue weighted by molar-refractivity contribution is 0.0896. The molecule has 0 spiro atoms. The number of hydrogen-bond donors (Lipinski definition) is 0. The topological polar surface area (TPSA) is 84.0 Å². The van der Waals surface area contributed by atoms with Crippen molar-refractivity contribution in [3.05, 3.63) is 77.9 Å². The number of ketones is 1. The SMILES string of the molecule is CN(C)c1ccc(-c2cnc3c(c2)c(C(=O)c2ccncc2)cn3COCC[Si](C)(C)C)c(C#N)c1. The molecule has 0 saturated heterocycles. The number of benzene rings is 1. The van der Waals surface area contributed by atoms with Gasteiger partial charge >= 0.3 is 0 Å². The highest BCUT2D eigenvalue weighted by Gasteiger charge is 2.20. The second-order valence-corrected chi connectivity index (χ2v) is 15.9. The van der Waals surface area contributed by atoms with Gasteiger partial charge in [-0.25, -0.2) is 4.98 Å². The van der Waals surface area contributed by atoms with Crippen molar-refractivity contribution in [3.8, 4) is 17.2 Å². The first-order valence-corrected chi connectivity index (χ1v) is 15.6. The Hall–Kier alpha value is -3.80. The summed E-state index contributed by atoms with van der Waals surface area (Å²) in [7, 11) is 2.67. The monoisotopic (exact) mass is 497 g/mol. The Kier molecular flexibility index (Phi) is 7.34. The van der Waals surface area contributed by atoms with E-state index in [0.717, 1.165) is 28.2 Å². The van der Waals surface area contributed by atoms with Gasteiger partial charge in [-0.1, -0.05) is 25.7 Å². The van der Waals surface area contributed by atoms with Gasteiger partial charge in [-0.3, -0.25) is 9.78 Å². The molecule has 8 heteroatoms. The first-order valence-electron chi connectivity index (χ1n) is 11.9. The first-order chi connectivity index (χ1) is 17.2. The fraction of sp³-hybridized carbons (Fsp3) is 0.286. The number of pyridine rings is 2. The van der Waals surface area contributed by atoms with Crippen molar-refractivity contribution in [2.75, 3.05) is 25.6 Å². The van der Waals surface area contributed by atoms with Crippen LogP contribution < -0.4 is 4.90 Å². The minimum atomic E-state index is -1.21. The molecule has 0 bridgehead atoms. The van der Waals surface area contributed by atoms with Crippen LogP contribution in [0.2, 0.25) is 25.7 Å². The van der Waals surface area contributed by atoms with E-state index in [0.29, 0.717) is 35.7 Å². The van der Waals surface area contributed by atoms with E-state index in [1.165, 1.54) is 0 Å². The van der Waals surface area contributed by atoms with Crippen molar-refractivity contribution < 1.29 is 9.53 Å². The zero-order valence-corrected chi connectivity index (χ0v) is 22.4. The summed E-state index contributed by atoms with van der Waals surface area (Å²) in [6.07, 6.45) is 6.80. The van der Waals surface area contributed by atoms with E-state index in [-0.39, 0.29) is 5.78 Å². The van der Waals surface area contributed by atoms with Crippen LogP contribution in [-0.2, 0) is 11.5 Å². The number of hydrogen-bond acceptors (Lipinski definition) is 6. The van der Waals surface area contributed by atoms with Gasteiger partial charge < -0.3 is 14.2 Å². The minimum absolute atomic E-state index is 0.106. The molecule has 0 aliphatic heterocycles. The van der Waals surface area contributed by atoms with E-state index in [2.05, 4.69) is 30.7 Å². The van der Waals surface area contributed by atoms with Gasteiger partial charge in [0.15, 0.2) is 5.78 Å². The molecule has 36 heavy (non-hydrogen) atoms. The van der Waals surface area contributed by atoms with Gasteiger partial charge in [0, 0.05) is 86.9 Å². The number of fused-ring (bicyclic) bond motifs is 1. The molecule has 0 atom stereocenters. The van der Waals surface area contributed by atoms with Crippen LogP contribution >= 0.6 is 0 Å². The van der Waals surface area contributed by atoms with Gasteiger partial charge in [0.2, 0.25) is 0 Å². The molecule has 0 radical (unpaired) electrons. The van der Waals surface area contributed by atoms with E-state index < -0.39 is 8.07 Å². The second kappa shape index (κ2) is 10.4. The Bertz CT molecular complexity index is 1430. The molecule has 7 nitrogen and oxygen atoms in total. The third kappa shape index (κ3) is 5.53. The van der Waals surface area contributed by atoms with Crippen molar-refractivity contribution in [1.29, 1.82) is 5.26 Å². The smallest absolute Gasteiger partial charge is 0.195 e. The van der Waals surface area contributed by atoms with Gasteiger partial charge in [0.1, 0.15) is 12.4 Å². The molecule has 0 saturated carbocycles. The molecule has 4 aromatic rings. The largest absolute Gasteiger partial charge is 0.378 e. The van der Waals surface area contributed by atoms with Crippen molar-refractivity contribution in [1.82, 2.24) is 14.5 Å². The highest BCUT2D eigenvalue weighted by atomic mass is 28.3. The van der Waals surface area contributed by atoms with Crippen LogP contribution in [0.25, 0.3) is 22.2 Å². The Morgan fingerprint density at radius 1 is 1.14 bits per heavy atom. The Balaban J connectivity index is 1.77. The molecule has 184 valence electrons. The molecule has 0 amide bonds. The van der Waals surface area contributed by atoms with Gasteiger partial charge in [-0.15, -0.1) is 0 Å². The lowest BCUT2D eigenvalue weighted by Gasteiger charge is -2.15. The zero-order chi connectivity index (χ0) is 25.9. The standard InChI is InChI=1S/C28H31N5O2Si/c1-32(2)23-6-7-24(21(14-23)16-29)22-15-25-26(27(34)20-8-10-30-11-9-20)18-33(28(25)31-17-22)19-35-12-13-36(3,4)5/h6-11,14-15,17-18H,12-13,19H2,1-5H3. The summed E-state index contributed by atoms with van der Waals surface area (Å²) >= 11 is 0. The maximum absolute atomic E-state index is 13.5. The third-order valence-electron chi connectivity index (χ3n) is 6.08. The van der Waals surface area contributed by atoms with Crippen LogP contribution in [0.15, 0.2) is 61.2 Å². The summed E-state index contributed by atoms with van der Waals surface area (Å²) in [5.41, 5.74) is 4.83. The van der Waals surface area contributed by atoms with Crippen molar-refractivity contribution in [3.63, 3.8) is 0 Å². The fourth-order valence-electron chi connectivity index (χ4n) is 3.95. The predicted octanol–water partition coefficient (Wildman–Crippen LogP) is 5.58. The molecule has 3 heterocycles. The Morgan fingerprint density at radius 3 is 2.56 bits per heavy atom.